The number of amides is 1. The van der Waals surface area contributed by atoms with E-state index in [2.05, 4.69) is 5.10 Å². The Bertz CT molecular complexity index is 382. The van der Waals surface area contributed by atoms with Gasteiger partial charge >= 0.3 is 6.09 Å². The van der Waals surface area contributed by atoms with E-state index in [9.17, 15) is 9.18 Å². The number of nitrogens with zero attached hydrogens (tertiary/aromatic N) is 3. The number of rotatable bonds is 3. The Labute approximate surface area is 91.2 Å². The molecule has 1 amide bonds. The van der Waals surface area contributed by atoms with Crippen molar-refractivity contribution in [1.29, 1.82) is 0 Å². The molecule has 1 aliphatic rings. The van der Waals surface area contributed by atoms with Crippen LogP contribution in [0.1, 0.15) is 0 Å². The average Bonchev–Trinajstić information content (AvgIpc) is 2.72. The van der Waals surface area contributed by atoms with Crippen LogP contribution in [0.15, 0.2) is 12.3 Å². The van der Waals surface area contributed by atoms with Gasteiger partial charge in [-0.25, -0.2) is 13.9 Å². The fourth-order valence-corrected chi connectivity index (χ4v) is 1.73. The summed E-state index contributed by atoms with van der Waals surface area (Å²) in [5, 5.41) is 12.9. The number of hydrogen-bond acceptors (Lipinski definition) is 3. The van der Waals surface area contributed by atoms with Crippen molar-refractivity contribution in [2.45, 2.75) is 12.6 Å². The lowest BCUT2D eigenvalue weighted by Crippen LogP contribution is -2.48. The third-order valence-electron chi connectivity index (χ3n) is 2.50. The average molecular weight is 229 g/mol. The van der Waals surface area contributed by atoms with Crippen molar-refractivity contribution in [3.8, 4) is 5.88 Å². The highest BCUT2D eigenvalue weighted by Gasteiger charge is 2.28. The van der Waals surface area contributed by atoms with Gasteiger partial charge in [-0.1, -0.05) is 0 Å². The first-order valence-corrected chi connectivity index (χ1v) is 4.92. The molecule has 1 aromatic rings. The van der Waals surface area contributed by atoms with Gasteiger partial charge in [0.25, 0.3) is 0 Å². The molecule has 16 heavy (non-hydrogen) atoms. The van der Waals surface area contributed by atoms with E-state index in [0.29, 0.717) is 12.4 Å². The van der Waals surface area contributed by atoms with Gasteiger partial charge in [-0.05, 0) is 0 Å². The molecule has 0 radical (unpaired) electrons. The van der Waals surface area contributed by atoms with Crippen LogP contribution in [0.2, 0.25) is 0 Å². The predicted molar refractivity (Wildman–Crippen MR) is 52.2 cm³/mol. The lowest BCUT2D eigenvalue weighted by atomic mass is 10.2. The highest BCUT2D eigenvalue weighted by molar-refractivity contribution is 5.65. The van der Waals surface area contributed by atoms with E-state index in [1.165, 1.54) is 0 Å². The largest absolute Gasteiger partial charge is 0.476 e. The van der Waals surface area contributed by atoms with Crippen molar-refractivity contribution < 1.29 is 19.0 Å². The minimum absolute atomic E-state index is 0.139. The zero-order valence-corrected chi connectivity index (χ0v) is 8.54. The first-order chi connectivity index (χ1) is 7.72. The second-order valence-electron chi connectivity index (χ2n) is 3.48. The second-order valence-corrected chi connectivity index (χ2v) is 3.48. The van der Waals surface area contributed by atoms with Gasteiger partial charge in [-0.2, -0.15) is 5.10 Å². The highest BCUT2D eigenvalue weighted by atomic mass is 19.1. The van der Waals surface area contributed by atoms with Crippen LogP contribution in [0.4, 0.5) is 9.18 Å². The van der Waals surface area contributed by atoms with Gasteiger partial charge in [0.05, 0.1) is 25.3 Å². The molecule has 1 aromatic heterocycles. The van der Waals surface area contributed by atoms with E-state index in [4.69, 9.17) is 9.84 Å². The smallest absolute Gasteiger partial charge is 0.407 e. The Kier molecular flexibility index (Phi) is 2.93. The molecule has 0 aliphatic carbocycles. The summed E-state index contributed by atoms with van der Waals surface area (Å²) in [6, 6.07) is 1.32. The molecule has 0 saturated heterocycles. The summed E-state index contributed by atoms with van der Waals surface area (Å²) >= 11 is 0. The molecule has 0 fully saturated rings. The van der Waals surface area contributed by atoms with E-state index >= 15 is 0 Å². The van der Waals surface area contributed by atoms with E-state index in [1.807, 2.05) is 0 Å². The normalized spacial score (nSPS) is 18.7. The zero-order chi connectivity index (χ0) is 11.5. The molecule has 7 heteroatoms. The molecule has 1 atom stereocenters. The van der Waals surface area contributed by atoms with Gasteiger partial charge in [-0.15, -0.1) is 0 Å². The Balaban J connectivity index is 2.09. The SMILES string of the molecule is O=C(O)N(CCF)[C@@H]1COc2ccnn2C1. The number of alkyl halides is 1. The summed E-state index contributed by atoms with van der Waals surface area (Å²) < 4.78 is 19.1. The fraction of sp³-hybridized carbons (Fsp3) is 0.556. The zero-order valence-electron chi connectivity index (χ0n) is 8.54. The number of aromatic nitrogens is 2. The molecule has 0 bridgehead atoms. The molecule has 88 valence electrons. The van der Waals surface area contributed by atoms with Crippen LogP contribution in [0, 0.1) is 0 Å². The minimum atomic E-state index is -1.14. The van der Waals surface area contributed by atoms with Crippen molar-refractivity contribution >= 4 is 6.09 Å². The summed E-state index contributed by atoms with van der Waals surface area (Å²) in [6.07, 6.45) is 0.444. The number of halogens is 1. The molecule has 0 unspecified atom stereocenters. The van der Waals surface area contributed by atoms with Crippen LogP contribution in [0.25, 0.3) is 0 Å². The van der Waals surface area contributed by atoms with Crippen LogP contribution in [-0.4, -0.2) is 51.7 Å². The number of carboxylic acid groups (broad SMARTS) is 1. The summed E-state index contributed by atoms with van der Waals surface area (Å²) in [5.74, 6) is 0.613. The quantitative estimate of drug-likeness (QED) is 0.823. The van der Waals surface area contributed by atoms with Crippen molar-refractivity contribution in [2.75, 3.05) is 19.8 Å². The Morgan fingerprint density at radius 3 is 3.31 bits per heavy atom. The van der Waals surface area contributed by atoms with Crippen molar-refractivity contribution in [3.05, 3.63) is 12.3 Å². The van der Waals surface area contributed by atoms with E-state index in [0.717, 1.165) is 4.90 Å². The molecule has 0 spiro atoms. The van der Waals surface area contributed by atoms with Gasteiger partial charge in [-0.3, -0.25) is 4.90 Å². The lowest BCUT2D eigenvalue weighted by molar-refractivity contribution is 0.0713. The molecule has 6 nitrogen and oxygen atoms in total. The first kappa shape index (κ1) is 10.7. The summed E-state index contributed by atoms with van der Waals surface area (Å²) in [4.78, 5) is 12.0. The second kappa shape index (κ2) is 4.38. The van der Waals surface area contributed by atoms with E-state index in [-0.39, 0.29) is 19.2 Å². The summed E-state index contributed by atoms with van der Waals surface area (Å²) in [7, 11) is 0. The third kappa shape index (κ3) is 1.93. The molecule has 0 saturated carbocycles. The van der Waals surface area contributed by atoms with Gasteiger partial charge in [0.15, 0.2) is 0 Å². The first-order valence-electron chi connectivity index (χ1n) is 4.92. The maximum Gasteiger partial charge on any atom is 0.407 e. The Morgan fingerprint density at radius 1 is 1.81 bits per heavy atom. The molecular formula is C9H12FN3O3. The molecule has 2 heterocycles. The topological polar surface area (TPSA) is 67.6 Å². The molecule has 1 N–H and O–H groups in total. The number of hydrogen-bond donors (Lipinski definition) is 1. The third-order valence-corrected chi connectivity index (χ3v) is 2.50. The van der Waals surface area contributed by atoms with Crippen LogP contribution in [0.3, 0.4) is 0 Å². The monoisotopic (exact) mass is 229 g/mol. The summed E-state index contributed by atoms with van der Waals surface area (Å²) in [6.45, 7) is -0.207. The lowest BCUT2D eigenvalue weighted by Gasteiger charge is -2.31. The molecular weight excluding hydrogens is 217 g/mol. The fourth-order valence-electron chi connectivity index (χ4n) is 1.73. The minimum Gasteiger partial charge on any atom is -0.476 e. The summed E-state index contributed by atoms with van der Waals surface area (Å²) in [5.41, 5.74) is 0. The van der Waals surface area contributed by atoms with E-state index < -0.39 is 12.8 Å². The maximum atomic E-state index is 12.2. The van der Waals surface area contributed by atoms with E-state index in [1.54, 1.807) is 16.9 Å². The standard InChI is InChI=1S/C9H12FN3O3/c10-2-4-12(9(14)15)7-5-13-8(16-6-7)1-3-11-13/h1,3,7H,2,4-6H2,(H,14,15)/t7-/m0/s1. The van der Waals surface area contributed by atoms with Crippen LogP contribution >= 0.6 is 0 Å². The van der Waals surface area contributed by atoms with Gasteiger partial charge in [0, 0.05) is 6.07 Å². The number of fused-ring (bicyclic) bond motifs is 1. The highest BCUT2D eigenvalue weighted by Crippen LogP contribution is 2.18. The van der Waals surface area contributed by atoms with Crippen LogP contribution < -0.4 is 4.74 Å². The Morgan fingerprint density at radius 2 is 2.62 bits per heavy atom. The Hall–Kier alpha value is -1.79. The van der Waals surface area contributed by atoms with Gasteiger partial charge < -0.3 is 9.84 Å². The van der Waals surface area contributed by atoms with Crippen LogP contribution in [0.5, 0.6) is 5.88 Å². The number of ether oxygens (including phenoxy) is 1. The van der Waals surface area contributed by atoms with Gasteiger partial charge in [0.1, 0.15) is 13.3 Å². The van der Waals surface area contributed by atoms with Crippen molar-refractivity contribution in [2.24, 2.45) is 0 Å². The number of carbonyl (C=O) groups is 1. The predicted octanol–water partition coefficient (Wildman–Crippen LogP) is 0.594. The maximum absolute atomic E-state index is 12.2. The van der Waals surface area contributed by atoms with Gasteiger partial charge in [0.2, 0.25) is 5.88 Å². The van der Waals surface area contributed by atoms with Crippen molar-refractivity contribution in [3.63, 3.8) is 0 Å². The molecule has 1 aliphatic heterocycles. The molecule has 0 aromatic carbocycles. The molecule has 2 rings (SSSR count). The van der Waals surface area contributed by atoms with Crippen molar-refractivity contribution in [1.82, 2.24) is 14.7 Å². The van der Waals surface area contributed by atoms with Crippen LogP contribution in [-0.2, 0) is 6.54 Å².